The molecular formula is C11H12BrNO2. The molecule has 1 aromatic rings. The van der Waals surface area contributed by atoms with Gasteiger partial charge in [-0.1, -0.05) is 28.1 Å². The highest BCUT2D eigenvalue weighted by Crippen LogP contribution is 2.16. The zero-order chi connectivity index (χ0) is 10.7. The molecule has 1 aromatic carbocycles. The van der Waals surface area contributed by atoms with E-state index >= 15 is 0 Å². The second-order valence-electron chi connectivity index (χ2n) is 3.68. The molecule has 1 heterocycles. The first kappa shape index (κ1) is 10.5. The van der Waals surface area contributed by atoms with Crippen molar-refractivity contribution in [1.82, 2.24) is 5.32 Å². The van der Waals surface area contributed by atoms with Gasteiger partial charge in [0.15, 0.2) is 0 Å². The highest BCUT2D eigenvalue weighted by atomic mass is 79.9. The lowest BCUT2D eigenvalue weighted by Gasteiger charge is -2.22. The largest absolute Gasteiger partial charge is 0.449 e. The van der Waals surface area contributed by atoms with E-state index in [2.05, 4.69) is 33.4 Å². The first-order valence-electron chi connectivity index (χ1n) is 4.89. The summed E-state index contributed by atoms with van der Waals surface area (Å²) >= 11 is 3.44. The Kier molecular flexibility index (Phi) is 3.26. The summed E-state index contributed by atoms with van der Waals surface area (Å²) in [4.78, 5) is 10.8. The molecule has 0 bridgehead atoms. The third-order valence-corrected chi connectivity index (χ3v) is 2.89. The van der Waals surface area contributed by atoms with Crippen molar-refractivity contribution in [2.75, 3.05) is 13.2 Å². The smallest absolute Gasteiger partial charge is 0.407 e. The number of amides is 1. The molecule has 0 spiro atoms. The second-order valence-corrected chi connectivity index (χ2v) is 4.60. The van der Waals surface area contributed by atoms with E-state index < -0.39 is 0 Å². The Hall–Kier alpha value is -1.03. The predicted octanol–water partition coefficient (Wildman–Crippen LogP) is 2.35. The molecule has 0 radical (unpaired) electrons. The Morgan fingerprint density at radius 2 is 2.40 bits per heavy atom. The van der Waals surface area contributed by atoms with E-state index in [1.165, 1.54) is 5.56 Å². The van der Waals surface area contributed by atoms with Gasteiger partial charge in [-0.15, -0.1) is 0 Å². The van der Waals surface area contributed by atoms with Gasteiger partial charge in [0.25, 0.3) is 0 Å². The van der Waals surface area contributed by atoms with E-state index in [1.807, 2.05) is 12.1 Å². The number of nitrogens with one attached hydrogen (secondary N) is 1. The van der Waals surface area contributed by atoms with Crippen LogP contribution in [0.25, 0.3) is 0 Å². The van der Waals surface area contributed by atoms with Crippen LogP contribution in [0.5, 0.6) is 0 Å². The summed E-state index contributed by atoms with van der Waals surface area (Å²) < 4.78 is 6.02. The van der Waals surface area contributed by atoms with Gasteiger partial charge in [-0.05, 0) is 24.1 Å². The molecule has 15 heavy (non-hydrogen) atoms. The highest BCUT2D eigenvalue weighted by molar-refractivity contribution is 9.10. The summed E-state index contributed by atoms with van der Waals surface area (Å²) in [5.41, 5.74) is 1.26. The number of hydrogen-bond acceptors (Lipinski definition) is 2. The standard InChI is InChI=1S/C11H12BrNO2/c12-10-3-1-2-8(5-10)4-9-6-13-11(14)15-7-9/h1-3,5,9H,4,6-7H2,(H,13,14)/t9-/m1/s1. The molecule has 1 aliphatic heterocycles. The van der Waals surface area contributed by atoms with Gasteiger partial charge in [0.05, 0.1) is 6.61 Å². The molecule has 0 aliphatic carbocycles. The fraction of sp³-hybridized carbons (Fsp3) is 0.364. The average molecular weight is 270 g/mol. The van der Waals surface area contributed by atoms with E-state index in [0.717, 1.165) is 10.9 Å². The predicted molar refractivity (Wildman–Crippen MR) is 60.7 cm³/mol. The number of benzene rings is 1. The van der Waals surface area contributed by atoms with Gasteiger partial charge in [-0.3, -0.25) is 0 Å². The maximum Gasteiger partial charge on any atom is 0.407 e. The zero-order valence-corrected chi connectivity index (χ0v) is 9.79. The van der Waals surface area contributed by atoms with Crippen molar-refractivity contribution in [3.05, 3.63) is 34.3 Å². The average Bonchev–Trinajstić information content (AvgIpc) is 2.22. The van der Waals surface area contributed by atoms with Crippen LogP contribution < -0.4 is 5.32 Å². The lowest BCUT2D eigenvalue weighted by Crippen LogP contribution is -2.39. The SMILES string of the molecule is O=C1NC[C@@H](Cc2cccc(Br)c2)CO1. The lowest BCUT2D eigenvalue weighted by atomic mass is 9.99. The number of carbonyl (C=O) groups is 1. The molecule has 1 fully saturated rings. The van der Waals surface area contributed by atoms with Crippen molar-refractivity contribution >= 4 is 22.0 Å². The van der Waals surface area contributed by atoms with Gasteiger partial charge in [-0.25, -0.2) is 4.79 Å². The van der Waals surface area contributed by atoms with Crippen LogP contribution in [0.15, 0.2) is 28.7 Å². The van der Waals surface area contributed by atoms with Gasteiger partial charge in [0.2, 0.25) is 0 Å². The molecule has 1 amide bonds. The number of alkyl carbamates (subject to hydrolysis) is 1. The summed E-state index contributed by atoms with van der Waals surface area (Å²) in [7, 11) is 0. The molecular weight excluding hydrogens is 258 g/mol. The maximum atomic E-state index is 10.8. The molecule has 0 unspecified atom stereocenters. The van der Waals surface area contributed by atoms with E-state index in [-0.39, 0.29) is 6.09 Å². The third kappa shape index (κ3) is 2.96. The quantitative estimate of drug-likeness (QED) is 0.895. The van der Waals surface area contributed by atoms with E-state index in [0.29, 0.717) is 19.1 Å². The van der Waals surface area contributed by atoms with Gasteiger partial charge >= 0.3 is 6.09 Å². The molecule has 3 nitrogen and oxygen atoms in total. The van der Waals surface area contributed by atoms with Gasteiger partial charge in [-0.2, -0.15) is 0 Å². The summed E-state index contributed by atoms with van der Waals surface area (Å²) in [5.74, 6) is 0.372. The molecule has 1 N–H and O–H groups in total. The van der Waals surface area contributed by atoms with Gasteiger partial charge in [0, 0.05) is 16.9 Å². The van der Waals surface area contributed by atoms with Crippen LogP contribution in [-0.2, 0) is 11.2 Å². The molecule has 80 valence electrons. The Morgan fingerprint density at radius 3 is 3.07 bits per heavy atom. The molecule has 2 rings (SSSR count). The van der Waals surface area contributed by atoms with Crippen LogP contribution in [0.2, 0.25) is 0 Å². The highest BCUT2D eigenvalue weighted by Gasteiger charge is 2.18. The Bertz CT molecular complexity index is 357. The van der Waals surface area contributed by atoms with E-state index in [1.54, 1.807) is 0 Å². The van der Waals surface area contributed by atoms with Crippen molar-refractivity contribution in [2.24, 2.45) is 5.92 Å². The molecule has 1 aliphatic rings. The normalized spacial score (nSPS) is 20.6. The van der Waals surface area contributed by atoms with Crippen LogP contribution in [0.1, 0.15) is 5.56 Å². The molecule has 1 saturated heterocycles. The molecule has 0 aromatic heterocycles. The maximum absolute atomic E-state index is 10.8. The van der Waals surface area contributed by atoms with Crippen molar-refractivity contribution in [2.45, 2.75) is 6.42 Å². The third-order valence-electron chi connectivity index (χ3n) is 2.40. The fourth-order valence-corrected chi connectivity index (χ4v) is 2.11. The Balaban J connectivity index is 1.94. The van der Waals surface area contributed by atoms with Crippen LogP contribution in [0.4, 0.5) is 4.79 Å². The first-order chi connectivity index (χ1) is 7.24. The van der Waals surface area contributed by atoms with Crippen LogP contribution in [-0.4, -0.2) is 19.2 Å². The second kappa shape index (κ2) is 4.66. The Morgan fingerprint density at radius 1 is 1.53 bits per heavy atom. The van der Waals surface area contributed by atoms with Crippen molar-refractivity contribution in [3.8, 4) is 0 Å². The summed E-state index contributed by atoms with van der Waals surface area (Å²) in [6.45, 7) is 1.21. The van der Waals surface area contributed by atoms with E-state index in [4.69, 9.17) is 4.74 Å². The van der Waals surface area contributed by atoms with Gasteiger partial charge < -0.3 is 10.1 Å². The Labute approximate surface area is 96.9 Å². The minimum atomic E-state index is -0.305. The fourth-order valence-electron chi connectivity index (χ4n) is 1.66. The number of carbonyl (C=O) groups excluding carboxylic acids is 1. The van der Waals surface area contributed by atoms with E-state index in [9.17, 15) is 4.79 Å². The minimum absolute atomic E-state index is 0.305. The molecule has 0 saturated carbocycles. The number of hydrogen-bond donors (Lipinski definition) is 1. The van der Waals surface area contributed by atoms with Crippen molar-refractivity contribution < 1.29 is 9.53 Å². The van der Waals surface area contributed by atoms with Crippen LogP contribution in [0, 0.1) is 5.92 Å². The topological polar surface area (TPSA) is 38.3 Å². The lowest BCUT2D eigenvalue weighted by molar-refractivity contribution is 0.103. The van der Waals surface area contributed by atoms with Crippen LogP contribution >= 0.6 is 15.9 Å². The summed E-state index contributed by atoms with van der Waals surface area (Å²) in [6, 6.07) is 8.20. The summed E-state index contributed by atoms with van der Waals surface area (Å²) in [6.07, 6.45) is 0.625. The van der Waals surface area contributed by atoms with Crippen molar-refractivity contribution in [3.63, 3.8) is 0 Å². The van der Waals surface area contributed by atoms with Crippen molar-refractivity contribution in [1.29, 1.82) is 0 Å². The van der Waals surface area contributed by atoms with Crippen LogP contribution in [0.3, 0.4) is 0 Å². The monoisotopic (exact) mass is 269 g/mol. The number of halogens is 1. The number of ether oxygens (including phenoxy) is 1. The zero-order valence-electron chi connectivity index (χ0n) is 8.20. The number of cyclic esters (lactones) is 1. The molecule has 4 heteroatoms. The summed E-state index contributed by atoms with van der Waals surface area (Å²) in [5, 5.41) is 2.69. The molecule has 1 atom stereocenters. The van der Waals surface area contributed by atoms with Gasteiger partial charge in [0.1, 0.15) is 0 Å². The minimum Gasteiger partial charge on any atom is -0.449 e. The first-order valence-corrected chi connectivity index (χ1v) is 5.68. The number of rotatable bonds is 2.